The number of rotatable bonds is 5. The Kier molecular flexibility index (Phi) is 4.29. The van der Waals surface area contributed by atoms with Gasteiger partial charge in [0.15, 0.2) is 0 Å². The molecular weight excluding hydrogens is 206 g/mol. The van der Waals surface area contributed by atoms with Crippen molar-refractivity contribution in [3.63, 3.8) is 0 Å². The highest BCUT2D eigenvalue weighted by Gasteiger charge is 2.38. The summed E-state index contributed by atoms with van der Waals surface area (Å²) >= 11 is 0. The van der Waals surface area contributed by atoms with E-state index in [0.717, 1.165) is 6.42 Å². The van der Waals surface area contributed by atoms with Crippen LogP contribution < -0.4 is 5.32 Å². The van der Waals surface area contributed by atoms with Crippen LogP contribution in [0.15, 0.2) is 0 Å². The first-order valence-corrected chi connectivity index (χ1v) is 5.45. The number of hydrogen-bond acceptors (Lipinski definition) is 3. The van der Waals surface area contributed by atoms with Crippen molar-refractivity contribution in [2.75, 3.05) is 20.1 Å². The van der Waals surface area contributed by atoms with Crippen LogP contribution in [0.3, 0.4) is 0 Å². The largest absolute Gasteiger partial charge is 0.355 e. The first kappa shape index (κ1) is 12.5. The molecule has 5 heteroatoms. The van der Waals surface area contributed by atoms with E-state index < -0.39 is 0 Å². The highest BCUT2D eigenvalue weighted by atomic mass is 16.2. The predicted octanol–water partition coefficient (Wildman–Crippen LogP) is 0.131. The van der Waals surface area contributed by atoms with Crippen LogP contribution >= 0.6 is 0 Å². The van der Waals surface area contributed by atoms with E-state index in [1.54, 1.807) is 7.05 Å². The van der Waals surface area contributed by atoms with E-state index >= 15 is 0 Å². The lowest BCUT2D eigenvalue weighted by atomic mass is 10.3. The Balaban J connectivity index is 2.13. The molecule has 0 bridgehead atoms. The van der Waals surface area contributed by atoms with Gasteiger partial charge in [0.05, 0.1) is 6.07 Å². The van der Waals surface area contributed by atoms with Gasteiger partial charge in [0, 0.05) is 25.9 Å². The predicted molar refractivity (Wildman–Crippen MR) is 58.1 cm³/mol. The van der Waals surface area contributed by atoms with Crippen molar-refractivity contribution < 1.29 is 9.59 Å². The van der Waals surface area contributed by atoms with E-state index in [1.807, 2.05) is 13.0 Å². The molecular formula is C11H17N3O2. The maximum absolute atomic E-state index is 11.4. The molecule has 1 saturated carbocycles. The summed E-state index contributed by atoms with van der Waals surface area (Å²) in [6.45, 7) is 2.49. The Morgan fingerprint density at radius 2 is 2.19 bits per heavy atom. The van der Waals surface area contributed by atoms with Crippen molar-refractivity contribution in [2.45, 2.75) is 19.8 Å². The third-order valence-corrected chi connectivity index (χ3v) is 2.82. The summed E-state index contributed by atoms with van der Waals surface area (Å²) in [4.78, 5) is 24.1. The normalized spacial score (nSPS) is 22.1. The number of amides is 2. The van der Waals surface area contributed by atoms with Crippen LogP contribution in [0.4, 0.5) is 0 Å². The second-order valence-electron chi connectivity index (χ2n) is 4.27. The van der Waals surface area contributed by atoms with Crippen molar-refractivity contribution in [1.29, 1.82) is 5.26 Å². The zero-order chi connectivity index (χ0) is 12.1. The zero-order valence-electron chi connectivity index (χ0n) is 9.69. The van der Waals surface area contributed by atoms with E-state index in [-0.39, 0.29) is 30.7 Å². The lowest BCUT2D eigenvalue weighted by molar-refractivity contribution is -0.129. The molecule has 1 aliphatic carbocycles. The molecule has 16 heavy (non-hydrogen) atoms. The molecule has 0 unspecified atom stereocenters. The van der Waals surface area contributed by atoms with Crippen LogP contribution in [-0.2, 0) is 9.59 Å². The van der Waals surface area contributed by atoms with Crippen molar-refractivity contribution in [2.24, 2.45) is 11.8 Å². The zero-order valence-corrected chi connectivity index (χ0v) is 9.69. The smallest absolute Gasteiger partial charge is 0.224 e. The van der Waals surface area contributed by atoms with Gasteiger partial charge >= 0.3 is 0 Å². The minimum atomic E-state index is -0.120. The Labute approximate surface area is 95.4 Å². The van der Waals surface area contributed by atoms with Gasteiger partial charge in [-0.3, -0.25) is 9.59 Å². The van der Waals surface area contributed by atoms with Gasteiger partial charge in [-0.1, -0.05) is 6.92 Å². The van der Waals surface area contributed by atoms with Crippen LogP contribution in [0.2, 0.25) is 0 Å². The molecule has 0 spiro atoms. The number of nitrogens with zero attached hydrogens (tertiary/aromatic N) is 2. The Morgan fingerprint density at radius 3 is 2.69 bits per heavy atom. The van der Waals surface area contributed by atoms with E-state index in [0.29, 0.717) is 12.5 Å². The van der Waals surface area contributed by atoms with Gasteiger partial charge in [0.25, 0.3) is 0 Å². The number of carbonyl (C=O) groups excluding carboxylic acids is 2. The average molecular weight is 223 g/mol. The van der Waals surface area contributed by atoms with Crippen molar-refractivity contribution in [3.8, 4) is 6.07 Å². The minimum absolute atomic E-state index is 0.0447. The van der Waals surface area contributed by atoms with Gasteiger partial charge in [0.2, 0.25) is 11.8 Å². The van der Waals surface area contributed by atoms with Crippen molar-refractivity contribution >= 4 is 11.8 Å². The molecule has 0 heterocycles. The van der Waals surface area contributed by atoms with Crippen LogP contribution in [0, 0.1) is 23.2 Å². The van der Waals surface area contributed by atoms with E-state index in [1.165, 1.54) is 4.90 Å². The van der Waals surface area contributed by atoms with Crippen LogP contribution in [0.25, 0.3) is 0 Å². The molecule has 88 valence electrons. The highest BCUT2D eigenvalue weighted by Crippen LogP contribution is 2.37. The Hall–Kier alpha value is -1.57. The van der Waals surface area contributed by atoms with Crippen LogP contribution in [0.5, 0.6) is 0 Å². The van der Waals surface area contributed by atoms with Crippen molar-refractivity contribution in [3.05, 3.63) is 0 Å². The van der Waals surface area contributed by atoms with Gasteiger partial charge < -0.3 is 10.2 Å². The fourth-order valence-corrected chi connectivity index (χ4v) is 1.50. The molecule has 1 aliphatic rings. The standard InChI is InChI=1S/C11H17N3O2/c1-8-7-9(8)11(16)13-5-3-10(15)14(2)6-4-12/h8-9H,3,5-7H2,1-2H3,(H,13,16)/t8-,9-/m0/s1. The molecule has 0 aromatic heterocycles. The van der Waals surface area contributed by atoms with E-state index in [2.05, 4.69) is 5.32 Å². The fraction of sp³-hybridized carbons (Fsp3) is 0.727. The van der Waals surface area contributed by atoms with Gasteiger partial charge in [0.1, 0.15) is 6.54 Å². The SMILES string of the molecule is C[C@H]1C[C@@H]1C(=O)NCCC(=O)N(C)CC#N. The molecule has 2 amide bonds. The topological polar surface area (TPSA) is 73.2 Å². The molecule has 0 aromatic rings. The first-order chi connectivity index (χ1) is 7.56. The molecule has 1 N–H and O–H groups in total. The summed E-state index contributed by atoms with van der Waals surface area (Å²) in [5, 5.41) is 11.1. The van der Waals surface area contributed by atoms with Gasteiger partial charge in [-0.15, -0.1) is 0 Å². The van der Waals surface area contributed by atoms with Crippen molar-refractivity contribution in [1.82, 2.24) is 10.2 Å². The molecule has 0 radical (unpaired) electrons. The van der Waals surface area contributed by atoms with Gasteiger partial charge in [-0.05, 0) is 12.3 Å². The third-order valence-electron chi connectivity index (χ3n) is 2.82. The summed E-state index contributed by atoms with van der Waals surface area (Å²) in [5.41, 5.74) is 0. The summed E-state index contributed by atoms with van der Waals surface area (Å²) in [5.74, 6) is 0.554. The molecule has 1 rings (SSSR count). The summed E-state index contributed by atoms with van der Waals surface area (Å²) in [7, 11) is 1.58. The average Bonchev–Trinajstić information content (AvgIpc) is 2.95. The van der Waals surface area contributed by atoms with Gasteiger partial charge in [-0.25, -0.2) is 0 Å². The van der Waals surface area contributed by atoms with Crippen LogP contribution in [0.1, 0.15) is 19.8 Å². The maximum atomic E-state index is 11.4. The number of carbonyl (C=O) groups is 2. The fourth-order valence-electron chi connectivity index (χ4n) is 1.50. The lowest BCUT2D eigenvalue weighted by Crippen LogP contribution is -2.33. The third kappa shape index (κ3) is 3.54. The lowest BCUT2D eigenvalue weighted by Gasteiger charge is -2.12. The van der Waals surface area contributed by atoms with Gasteiger partial charge in [-0.2, -0.15) is 5.26 Å². The molecule has 0 saturated heterocycles. The number of nitriles is 1. The molecule has 5 nitrogen and oxygen atoms in total. The summed E-state index contributed by atoms with van der Waals surface area (Å²) in [6, 6.07) is 1.90. The second kappa shape index (κ2) is 5.50. The monoisotopic (exact) mass is 223 g/mol. The molecule has 0 aromatic carbocycles. The second-order valence-corrected chi connectivity index (χ2v) is 4.27. The quantitative estimate of drug-likeness (QED) is 0.673. The van der Waals surface area contributed by atoms with Crippen LogP contribution in [-0.4, -0.2) is 36.9 Å². The molecule has 2 atom stereocenters. The first-order valence-electron chi connectivity index (χ1n) is 5.45. The maximum Gasteiger partial charge on any atom is 0.224 e. The molecule has 0 aliphatic heterocycles. The highest BCUT2D eigenvalue weighted by molar-refractivity contribution is 5.82. The van der Waals surface area contributed by atoms with E-state index in [4.69, 9.17) is 5.26 Å². The number of nitrogens with one attached hydrogen (secondary N) is 1. The van der Waals surface area contributed by atoms with E-state index in [9.17, 15) is 9.59 Å². The minimum Gasteiger partial charge on any atom is -0.355 e. The Bertz CT molecular complexity index is 322. The molecule has 1 fully saturated rings. The summed E-state index contributed by atoms with van der Waals surface area (Å²) in [6.07, 6.45) is 1.21. The number of hydrogen-bond donors (Lipinski definition) is 1. The Morgan fingerprint density at radius 1 is 1.56 bits per heavy atom. The summed E-state index contributed by atoms with van der Waals surface area (Å²) < 4.78 is 0.